The number of nitrogens with zero attached hydrogens (tertiary/aromatic N) is 4. The van der Waals surface area contributed by atoms with Crippen molar-refractivity contribution in [1.29, 1.82) is 0 Å². The molecule has 1 unspecified atom stereocenters. The number of aromatic nitrogens is 3. The fourth-order valence-corrected chi connectivity index (χ4v) is 5.89. The maximum atomic E-state index is 13.0. The molecule has 0 aliphatic carbocycles. The van der Waals surface area contributed by atoms with Gasteiger partial charge in [-0.05, 0) is 37.2 Å². The van der Waals surface area contributed by atoms with Crippen molar-refractivity contribution in [3.8, 4) is 5.75 Å². The summed E-state index contributed by atoms with van der Waals surface area (Å²) in [5.41, 5.74) is 1.81. The first-order valence-electron chi connectivity index (χ1n) is 10.9. The van der Waals surface area contributed by atoms with E-state index in [1.807, 2.05) is 24.3 Å². The molecular formula is C23H25Cl2N5O3S. The van der Waals surface area contributed by atoms with Crippen molar-refractivity contribution in [2.24, 2.45) is 0 Å². The maximum absolute atomic E-state index is 13.0. The first-order chi connectivity index (χ1) is 15.7. The minimum absolute atomic E-state index is 0. The normalized spacial score (nSPS) is 17.4. The fraction of sp³-hybridized carbons (Fsp3) is 0.348. The Kier molecular flexibility index (Phi) is 7.18. The molecule has 2 aliphatic rings. The Morgan fingerprint density at radius 2 is 1.94 bits per heavy atom. The highest BCUT2D eigenvalue weighted by Crippen LogP contribution is 2.34. The number of nitrogens with one attached hydrogen (secondary N) is 1. The van der Waals surface area contributed by atoms with Crippen LogP contribution in [0.2, 0.25) is 0 Å². The quantitative estimate of drug-likeness (QED) is 0.444. The van der Waals surface area contributed by atoms with E-state index < -0.39 is 0 Å². The number of para-hydroxylation sites is 2. The second-order valence-electron chi connectivity index (χ2n) is 8.32. The van der Waals surface area contributed by atoms with Gasteiger partial charge in [0.15, 0.2) is 0 Å². The summed E-state index contributed by atoms with van der Waals surface area (Å²) in [6, 6.07) is 12.3. The molecule has 0 radical (unpaired) electrons. The van der Waals surface area contributed by atoms with Crippen LogP contribution in [0.3, 0.4) is 0 Å². The number of ether oxygens (including phenoxy) is 1. The third-order valence-corrected chi connectivity index (χ3v) is 7.52. The number of benzene rings is 1. The predicted octanol–water partition coefficient (Wildman–Crippen LogP) is 3.12. The Morgan fingerprint density at radius 3 is 2.82 bits per heavy atom. The largest absolute Gasteiger partial charge is 0.489 e. The van der Waals surface area contributed by atoms with E-state index in [2.05, 4.69) is 31.9 Å². The van der Waals surface area contributed by atoms with Crippen molar-refractivity contribution in [2.75, 3.05) is 37.7 Å². The summed E-state index contributed by atoms with van der Waals surface area (Å²) in [7, 11) is 0. The second-order valence-corrected chi connectivity index (χ2v) is 9.38. The highest BCUT2D eigenvalue weighted by atomic mass is 35.5. The number of anilines is 1. The van der Waals surface area contributed by atoms with E-state index in [0.29, 0.717) is 34.9 Å². The Hall–Kier alpha value is -2.59. The molecule has 0 bridgehead atoms. The molecule has 0 amide bonds. The lowest BCUT2D eigenvalue weighted by Gasteiger charge is -2.45. The van der Waals surface area contributed by atoms with Crippen LogP contribution < -0.4 is 20.9 Å². The summed E-state index contributed by atoms with van der Waals surface area (Å²) in [6.07, 6.45) is 2.41. The van der Waals surface area contributed by atoms with Crippen LogP contribution in [0.1, 0.15) is 6.42 Å². The molecule has 0 spiro atoms. The van der Waals surface area contributed by atoms with Crippen molar-refractivity contribution in [2.45, 2.75) is 19.0 Å². The van der Waals surface area contributed by atoms with Gasteiger partial charge < -0.3 is 14.6 Å². The number of H-pyrrole nitrogens is 1. The highest BCUT2D eigenvalue weighted by molar-refractivity contribution is 7.25. The zero-order valence-corrected chi connectivity index (χ0v) is 20.8. The average molecular weight is 522 g/mol. The van der Waals surface area contributed by atoms with Gasteiger partial charge in [-0.2, -0.15) is 0 Å². The number of rotatable bonds is 4. The molecule has 11 heteroatoms. The molecule has 1 fully saturated rings. The number of halogens is 2. The van der Waals surface area contributed by atoms with Crippen LogP contribution in [0.4, 0.5) is 5.69 Å². The number of aromatic amines is 1. The maximum Gasteiger partial charge on any atom is 0.328 e. The third-order valence-electron chi connectivity index (χ3n) is 6.39. The molecule has 34 heavy (non-hydrogen) atoms. The van der Waals surface area contributed by atoms with Gasteiger partial charge in [0.2, 0.25) is 0 Å². The van der Waals surface area contributed by atoms with E-state index in [1.54, 1.807) is 6.20 Å². The van der Waals surface area contributed by atoms with Gasteiger partial charge in [0.1, 0.15) is 22.6 Å². The number of fused-ring (bicyclic) bond motifs is 6. The van der Waals surface area contributed by atoms with E-state index in [1.165, 1.54) is 21.6 Å². The first-order valence-corrected chi connectivity index (χ1v) is 11.7. The Labute approximate surface area is 212 Å². The molecule has 1 N–H and O–H groups in total. The van der Waals surface area contributed by atoms with Crippen molar-refractivity contribution in [3.05, 3.63) is 63.4 Å². The summed E-state index contributed by atoms with van der Waals surface area (Å²) in [5, 5.41) is 0. The predicted molar refractivity (Wildman–Crippen MR) is 141 cm³/mol. The lowest BCUT2D eigenvalue weighted by Crippen LogP contribution is -2.57. The monoisotopic (exact) mass is 521 g/mol. The fourth-order valence-electron chi connectivity index (χ4n) is 4.83. The van der Waals surface area contributed by atoms with E-state index in [0.717, 1.165) is 43.0 Å². The summed E-state index contributed by atoms with van der Waals surface area (Å²) in [4.78, 5) is 37.7. The van der Waals surface area contributed by atoms with Gasteiger partial charge in [0.25, 0.3) is 5.56 Å². The van der Waals surface area contributed by atoms with E-state index in [-0.39, 0.29) is 36.1 Å². The van der Waals surface area contributed by atoms with Crippen molar-refractivity contribution in [1.82, 2.24) is 19.4 Å². The van der Waals surface area contributed by atoms with Crippen LogP contribution in [-0.4, -0.2) is 58.3 Å². The van der Waals surface area contributed by atoms with Crippen molar-refractivity contribution >= 4 is 62.3 Å². The molecule has 3 aromatic heterocycles. The summed E-state index contributed by atoms with van der Waals surface area (Å²) >= 11 is 1.38. The van der Waals surface area contributed by atoms with Gasteiger partial charge in [0, 0.05) is 32.4 Å². The van der Waals surface area contributed by atoms with Gasteiger partial charge in [-0.15, -0.1) is 36.2 Å². The zero-order chi connectivity index (χ0) is 21.7. The number of thiophene rings is 1. The van der Waals surface area contributed by atoms with Crippen LogP contribution in [0.15, 0.2) is 52.2 Å². The van der Waals surface area contributed by atoms with Gasteiger partial charge in [-0.25, -0.2) is 4.79 Å². The standard InChI is InChI=1S/C23H23N5O3S.2ClH/c29-22-21-20(19-18(32-21)7-3-8-24-19)25-23(30)28(22)10-4-9-26-11-12-27-15(13-26)14-31-17-6-2-1-5-16(17)27;;/h1-3,5-8,15H,4,9-14H2,(H,25,30);2*1H. The third kappa shape index (κ3) is 4.17. The molecular weight excluding hydrogens is 497 g/mol. The SMILES string of the molecule is Cl.Cl.O=c1[nH]c2c(sc3cccnc32)c(=O)n1CCCN1CCN2c3ccccc3OCC2C1. The highest BCUT2D eigenvalue weighted by Gasteiger charge is 2.32. The van der Waals surface area contributed by atoms with Crippen LogP contribution in [0.25, 0.3) is 20.4 Å². The molecule has 5 heterocycles. The number of hydrogen-bond acceptors (Lipinski definition) is 7. The summed E-state index contributed by atoms with van der Waals surface area (Å²) in [6.45, 7) is 4.74. The molecule has 180 valence electrons. The smallest absolute Gasteiger partial charge is 0.328 e. The summed E-state index contributed by atoms with van der Waals surface area (Å²) in [5.74, 6) is 0.961. The average Bonchev–Trinajstić information content (AvgIpc) is 3.20. The number of pyridine rings is 1. The number of hydrogen-bond donors (Lipinski definition) is 1. The van der Waals surface area contributed by atoms with Gasteiger partial charge in [0.05, 0.1) is 21.9 Å². The van der Waals surface area contributed by atoms with Crippen LogP contribution >= 0.6 is 36.2 Å². The molecule has 0 saturated carbocycles. The molecule has 8 nitrogen and oxygen atoms in total. The molecule has 1 saturated heterocycles. The van der Waals surface area contributed by atoms with Crippen LogP contribution in [0, 0.1) is 0 Å². The van der Waals surface area contributed by atoms with E-state index in [9.17, 15) is 9.59 Å². The Balaban J connectivity index is 0.00000137. The topological polar surface area (TPSA) is 83.5 Å². The first kappa shape index (κ1) is 24.5. The molecule has 1 atom stereocenters. The van der Waals surface area contributed by atoms with E-state index >= 15 is 0 Å². The van der Waals surface area contributed by atoms with Crippen molar-refractivity contribution < 1.29 is 4.74 Å². The second kappa shape index (κ2) is 9.95. The van der Waals surface area contributed by atoms with E-state index in [4.69, 9.17) is 4.74 Å². The molecule has 6 rings (SSSR count). The van der Waals surface area contributed by atoms with Crippen molar-refractivity contribution in [3.63, 3.8) is 0 Å². The Bertz CT molecular complexity index is 1440. The number of piperazine rings is 1. The molecule has 2 aliphatic heterocycles. The van der Waals surface area contributed by atoms with Gasteiger partial charge >= 0.3 is 5.69 Å². The van der Waals surface area contributed by atoms with Gasteiger partial charge in [-0.1, -0.05) is 12.1 Å². The lowest BCUT2D eigenvalue weighted by atomic mass is 10.1. The minimum atomic E-state index is -0.366. The Morgan fingerprint density at radius 1 is 1.09 bits per heavy atom. The zero-order valence-electron chi connectivity index (χ0n) is 18.3. The molecule has 4 aromatic rings. The molecule has 1 aromatic carbocycles. The van der Waals surface area contributed by atoms with Gasteiger partial charge in [-0.3, -0.25) is 19.2 Å². The van der Waals surface area contributed by atoms with Crippen LogP contribution in [-0.2, 0) is 6.54 Å². The minimum Gasteiger partial charge on any atom is -0.489 e. The lowest BCUT2D eigenvalue weighted by molar-refractivity contribution is 0.164. The van der Waals surface area contributed by atoms with Crippen LogP contribution in [0.5, 0.6) is 5.75 Å². The summed E-state index contributed by atoms with van der Waals surface area (Å²) < 4.78 is 8.74.